The Morgan fingerprint density at radius 1 is 1.19 bits per heavy atom. The van der Waals surface area contributed by atoms with E-state index in [0.717, 1.165) is 11.3 Å². The van der Waals surface area contributed by atoms with Crippen molar-refractivity contribution in [2.24, 2.45) is 0 Å². The van der Waals surface area contributed by atoms with Crippen LogP contribution in [0.5, 0.6) is 0 Å². The Hall–Kier alpha value is -3.06. The topological polar surface area (TPSA) is 65.5 Å². The SMILES string of the molecule is CCOC(=O)c1sc2cccc(F)c2c1COC(=O)C=Cc1ccccn1. The van der Waals surface area contributed by atoms with Gasteiger partial charge < -0.3 is 9.47 Å². The molecule has 1 aromatic carbocycles. The van der Waals surface area contributed by atoms with Crippen LogP contribution in [0.3, 0.4) is 0 Å². The van der Waals surface area contributed by atoms with Gasteiger partial charge >= 0.3 is 11.9 Å². The zero-order chi connectivity index (χ0) is 19.2. The van der Waals surface area contributed by atoms with E-state index in [2.05, 4.69) is 4.98 Å². The molecule has 5 nitrogen and oxygen atoms in total. The molecular weight excluding hydrogens is 369 g/mol. The Kier molecular flexibility index (Phi) is 5.93. The summed E-state index contributed by atoms with van der Waals surface area (Å²) in [5.41, 5.74) is 0.917. The Morgan fingerprint density at radius 3 is 2.78 bits per heavy atom. The Morgan fingerprint density at radius 2 is 2.04 bits per heavy atom. The van der Waals surface area contributed by atoms with Crippen molar-refractivity contribution in [2.75, 3.05) is 6.61 Å². The van der Waals surface area contributed by atoms with Gasteiger partial charge in [-0.05, 0) is 37.3 Å². The number of hydrogen-bond acceptors (Lipinski definition) is 6. The van der Waals surface area contributed by atoms with E-state index in [1.54, 1.807) is 43.5 Å². The average molecular weight is 385 g/mol. The fourth-order valence-corrected chi connectivity index (χ4v) is 3.60. The van der Waals surface area contributed by atoms with Crippen molar-refractivity contribution in [2.45, 2.75) is 13.5 Å². The number of fused-ring (bicyclic) bond motifs is 1. The quantitative estimate of drug-likeness (QED) is 0.466. The maximum absolute atomic E-state index is 14.3. The molecular formula is C20H16FNO4S. The summed E-state index contributed by atoms with van der Waals surface area (Å²) in [6.07, 6.45) is 4.36. The third kappa shape index (κ3) is 4.38. The highest BCUT2D eigenvalue weighted by atomic mass is 32.1. The fraction of sp³-hybridized carbons (Fsp3) is 0.150. The predicted molar refractivity (Wildman–Crippen MR) is 101 cm³/mol. The molecule has 0 saturated heterocycles. The first kappa shape index (κ1) is 18.7. The summed E-state index contributed by atoms with van der Waals surface area (Å²) >= 11 is 1.11. The molecule has 0 radical (unpaired) electrons. The van der Waals surface area contributed by atoms with Crippen molar-refractivity contribution >= 4 is 39.4 Å². The smallest absolute Gasteiger partial charge is 0.348 e. The van der Waals surface area contributed by atoms with Crippen LogP contribution in [0.15, 0.2) is 48.7 Å². The first-order valence-electron chi connectivity index (χ1n) is 8.23. The van der Waals surface area contributed by atoms with Crippen molar-refractivity contribution < 1.29 is 23.5 Å². The van der Waals surface area contributed by atoms with Crippen molar-refractivity contribution in [1.82, 2.24) is 4.98 Å². The zero-order valence-electron chi connectivity index (χ0n) is 14.5. The number of rotatable bonds is 6. The number of carbonyl (C=O) groups is 2. The maximum Gasteiger partial charge on any atom is 0.348 e. The Bertz CT molecular complexity index is 998. The first-order valence-corrected chi connectivity index (χ1v) is 9.04. The normalized spacial score (nSPS) is 11.0. The second kappa shape index (κ2) is 8.55. The standard InChI is InChI=1S/C20H16FNO4S/c1-2-25-20(24)19-14(18-15(21)7-5-8-16(18)27-19)12-26-17(23)10-9-13-6-3-4-11-22-13/h3-11H,2,12H2,1H3. The lowest BCUT2D eigenvalue weighted by Gasteiger charge is -2.05. The largest absolute Gasteiger partial charge is 0.462 e. The van der Waals surface area contributed by atoms with Gasteiger partial charge in [-0.2, -0.15) is 0 Å². The van der Waals surface area contributed by atoms with Crippen LogP contribution in [0.25, 0.3) is 16.2 Å². The van der Waals surface area contributed by atoms with Gasteiger partial charge in [-0.3, -0.25) is 4.98 Å². The van der Waals surface area contributed by atoms with Crippen LogP contribution < -0.4 is 0 Å². The number of pyridine rings is 1. The van der Waals surface area contributed by atoms with Crippen LogP contribution >= 0.6 is 11.3 Å². The van der Waals surface area contributed by atoms with Crippen LogP contribution in [0.1, 0.15) is 27.9 Å². The molecule has 0 aliphatic rings. The molecule has 0 aliphatic carbocycles. The molecule has 0 N–H and O–H groups in total. The summed E-state index contributed by atoms with van der Waals surface area (Å²) < 4.78 is 25.1. The summed E-state index contributed by atoms with van der Waals surface area (Å²) in [4.78, 5) is 28.5. The third-order valence-corrected chi connectivity index (χ3v) is 4.84. The molecule has 0 spiro atoms. The summed E-state index contributed by atoms with van der Waals surface area (Å²) in [7, 11) is 0. The Labute approximate surface area is 159 Å². The summed E-state index contributed by atoms with van der Waals surface area (Å²) in [6, 6.07) is 9.87. The molecule has 2 aromatic heterocycles. The highest BCUT2D eigenvalue weighted by Crippen LogP contribution is 2.34. The number of aromatic nitrogens is 1. The van der Waals surface area contributed by atoms with Gasteiger partial charge in [0.1, 0.15) is 17.3 Å². The molecule has 0 aliphatic heterocycles. The molecule has 138 valence electrons. The minimum Gasteiger partial charge on any atom is -0.462 e. The van der Waals surface area contributed by atoms with Gasteiger partial charge in [-0.1, -0.05) is 12.1 Å². The summed E-state index contributed by atoms with van der Waals surface area (Å²) in [6.45, 7) is 1.65. The summed E-state index contributed by atoms with van der Waals surface area (Å²) in [5, 5.41) is 0.270. The first-order chi connectivity index (χ1) is 13.1. The van der Waals surface area contributed by atoms with Crippen molar-refractivity contribution in [1.29, 1.82) is 0 Å². The van der Waals surface area contributed by atoms with Gasteiger partial charge in [-0.25, -0.2) is 14.0 Å². The van der Waals surface area contributed by atoms with Gasteiger partial charge in [0.25, 0.3) is 0 Å². The van der Waals surface area contributed by atoms with E-state index in [9.17, 15) is 14.0 Å². The number of esters is 2. The molecule has 2 heterocycles. The van der Waals surface area contributed by atoms with Crippen LogP contribution in [-0.2, 0) is 20.9 Å². The van der Waals surface area contributed by atoms with Crippen molar-refractivity contribution in [3.63, 3.8) is 0 Å². The van der Waals surface area contributed by atoms with Gasteiger partial charge in [-0.15, -0.1) is 11.3 Å². The summed E-state index contributed by atoms with van der Waals surface area (Å²) in [5.74, 6) is -1.66. The second-order valence-corrected chi connectivity index (χ2v) is 6.49. The molecule has 3 aromatic rings. The number of nitrogens with zero attached hydrogens (tertiary/aromatic N) is 1. The molecule has 0 atom stereocenters. The minimum atomic E-state index is -0.619. The van der Waals surface area contributed by atoms with Gasteiger partial charge in [0.2, 0.25) is 0 Å². The van der Waals surface area contributed by atoms with E-state index in [1.165, 1.54) is 18.2 Å². The van der Waals surface area contributed by atoms with E-state index in [-0.39, 0.29) is 23.5 Å². The number of thiophene rings is 1. The third-order valence-electron chi connectivity index (χ3n) is 3.66. The van der Waals surface area contributed by atoms with Crippen molar-refractivity contribution in [3.05, 3.63) is 70.6 Å². The monoisotopic (exact) mass is 385 g/mol. The van der Waals surface area contributed by atoms with Crippen molar-refractivity contribution in [3.8, 4) is 0 Å². The molecule has 0 fully saturated rings. The Balaban J connectivity index is 1.83. The van der Waals surface area contributed by atoms with Crippen LogP contribution in [0.2, 0.25) is 0 Å². The molecule has 3 rings (SSSR count). The lowest BCUT2D eigenvalue weighted by molar-refractivity contribution is -0.138. The van der Waals surface area contributed by atoms with Gasteiger partial charge in [0.05, 0.1) is 12.3 Å². The lowest BCUT2D eigenvalue weighted by atomic mass is 10.1. The molecule has 0 bridgehead atoms. The number of ether oxygens (including phenoxy) is 2. The number of hydrogen-bond donors (Lipinski definition) is 0. The van der Waals surface area contributed by atoms with Gasteiger partial charge in [0, 0.05) is 27.9 Å². The molecule has 0 unspecified atom stereocenters. The van der Waals surface area contributed by atoms with E-state index < -0.39 is 17.8 Å². The highest BCUT2D eigenvalue weighted by Gasteiger charge is 2.22. The second-order valence-electron chi connectivity index (χ2n) is 5.44. The zero-order valence-corrected chi connectivity index (χ0v) is 15.3. The molecule has 0 saturated carbocycles. The maximum atomic E-state index is 14.3. The molecule has 7 heteroatoms. The van der Waals surface area contributed by atoms with Crippen LogP contribution in [-0.4, -0.2) is 23.5 Å². The van der Waals surface area contributed by atoms with Crippen LogP contribution in [0.4, 0.5) is 4.39 Å². The highest BCUT2D eigenvalue weighted by molar-refractivity contribution is 7.21. The van der Waals surface area contributed by atoms with E-state index in [0.29, 0.717) is 16.0 Å². The number of halogens is 1. The minimum absolute atomic E-state index is 0.196. The number of benzene rings is 1. The van der Waals surface area contributed by atoms with Crippen LogP contribution in [0, 0.1) is 5.82 Å². The number of carbonyl (C=O) groups excluding carboxylic acids is 2. The fourth-order valence-electron chi connectivity index (χ4n) is 2.49. The lowest BCUT2D eigenvalue weighted by Crippen LogP contribution is -2.08. The predicted octanol–water partition coefficient (Wildman–Crippen LogP) is 4.37. The average Bonchev–Trinajstić information content (AvgIpc) is 3.06. The van der Waals surface area contributed by atoms with E-state index >= 15 is 0 Å². The van der Waals surface area contributed by atoms with E-state index in [1.807, 2.05) is 0 Å². The molecule has 0 amide bonds. The molecule has 27 heavy (non-hydrogen) atoms. The van der Waals surface area contributed by atoms with Gasteiger partial charge in [0.15, 0.2) is 0 Å². The van der Waals surface area contributed by atoms with E-state index in [4.69, 9.17) is 9.47 Å².